The van der Waals surface area contributed by atoms with Crippen LogP contribution in [0.2, 0.25) is 0 Å². The Hall–Kier alpha value is -3.19. The summed E-state index contributed by atoms with van der Waals surface area (Å²) in [7, 11) is 0. The quantitative estimate of drug-likeness (QED) is 0.302. The molecule has 1 aliphatic rings. The fourth-order valence-corrected chi connectivity index (χ4v) is 4.01. The third kappa shape index (κ3) is 2.28. The van der Waals surface area contributed by atoms with Crippen LogP contribution < -0.4 is 0 Å². The molecule has 0 fully saturated rings. The highest BCUT2D eigenvalue weighted by Crippen LogP contribution is 2.34. The van der Waals surface area contributed by atoms with Crippen molar-refractivity contribution in [3.8, 4) is 0 Å². The van der Waals surface area contributed by atoms with Gasteiger partial charge >= 0.3 is 0 Å². The van der Waals surface area contributed by atoms with E-state index in [0.29, 0.717) is 6.42 Å². The number of Topliss-reactive ketones (excluding diaryl/α,β-unsaturated/α-hetero) is 1. The van der Waals surface area contributed by atoms with Crippen LogP contribution in [0.25, 0.3) is 27.6 Å². The van der Waals surface area contributed by atoms with Crippen LogP contribution in [0.5, 0.6) is 0 Å². The van der Waals surface area contributed by atoms with Gasteiger partial charge < -0.3 is 0 Å². The van der Waals surface area contributed by atoms with Crippen molar-refractivity contribution in [3.05, 3.63) is 101 Å². The lowest BCUT2D eigenvalue weighted by molar-refractivity contribution is 0.104. The lowest BCUT2D eigenvalue weighted by atomic mass is 9.94. The van der Waals surface area contributed by atoms with Gasteiger partial charge in [0.15, 0.2) is 5.78 Å². The summed E-state index contributed by atoms with van der Waals surface area (Å²) < 4.78 is 0. The molecule has 0 atom stereocenters. The van der Waals surface area contributed by atoms with Crippen molar-refractivity contribution in [2.45, 2.75) is 13.3 Å². The van der Waals surface area contributed by atoms with Crippen molar-refractivity contribution >= 4 is 33.4 Å². The first kappa shape index (κ1) is 15.1. The maximum absolute atomic E-state index is 13.0. The lowest BCUT2D eigenvalue weighted by Gasteiger charge is -2.09. The van der Waals surface area contributed by atoms with Crippen molar-refractivity contribution in [1.82, 2.24) is 0 Å². The smallest absolute Gasteiger partial charge is 0.189 e. The number of hydrogen-bond donors (Lipinski definition) is 0. The second-order valence-corrected chi connectivity index (χ2v) is 7.07. The van der Waals surface area contributed by atoms with Crippen LogP contribution in [0.4, 0.5) is 0 Å². The van der Waals surface area contributed by atoms with Crippen LogP contribution >= 0.6 is 0 Å². The van der Waals surface area contributed by atoms with Gasteiger partial charge in [-0.2, -0.15) is 0 Å². The number of carbonyl (C=O) groups excluding carboxylic acids is 1. The fraction of sp³-hybridized carbons (Fsp3) is 0.0800. The molecule has 1 aliphatic carbocycles. The normalized spacial score (nSPS) is 15.1. The first-order valence-corrected chi connectivity index (χ1v) is 8.96. The molecule has 0 bridgehead atoms. The van der Waals surface area contributed by atoms with Gasteiger partial charge in [-0.3, -0.25) is 4.79 Å². The number of carbonyl (C=O) groups is 1. The van der Waals surface area contributed by atoms with Crippen LogP contribution in [0, 0.1) is 6.92 Å². The Morgan fingerprint density at radius 2 is 1.46 bits per heavy atom. The summed E-state index contributed by atoms with van der Waals surface area (Å²) in [6.45, 7) is 2.04. The van der Waals surface area contributed by atoms with Gasteiger partial charge in [-0.05, 0) is 57.8 Å². The van der Waals surface area contributed by atoms with Gasteiger partial charge in [-0.1, -0.05) is 66.2 Å². The van der Waals surface area contributed by atoms with E-state index < -0.39 is 0 Å². The summed E-state index contributed by atoms with van der Waals surface area (Å²) in [5.74, 6) is 0.167. The number of aryl methyl sites for hydroxylation is 1. The minimum Gasteiger partial charge on any atom is -0.289 e. The second-order valence-electron chi connectivity index (χ2n) is 7.07. The van der Waals surface area contributed by atoms with E-state index in [-0.39, 0.29) is 5.78 Å². The van der Waals surface area contributed by atoms with Gasteiger partial charge in [-0.15, -0.1) is 0 Å². The molecule has 0 radical (unpaired) electrons. The van der Waals surface area contributed by atoms with E-state index in [1.807, 2.05) is 13.0 Å². The molecule has 1 nitrogen and oxygen atoms in total. The van der Waals surface area contributed by atoms with Crippen molar-refractivity contribution in [3.63, 3.8) is 0 Å². The highest BCUT2D eigenvalue weighted by molar-refractivity contribution is 6.18. The van der Waals surface area contributed by atoms with Crippen molar-refractivity contribution in [2.24, 2.45) is 0 Å². The number of benzene rings is 4. The first-order valence-electron chi connectivity index (χ1n) is 8.96. The average molecular weight is 334 g/mol. The minimum absolute atomic E-state index is 0.167. The zero-order valence-corrected chi connectivity index (χ0v) is 14.6. The zero-order valence-electron chi connectivity index (χ0n) is 14.6. The minimum atomic E-state index is 0.167. The van der Waals surface area contributed by atoms with E-state index in [9.17, 15) is 4.79 Å². The van der Waals surface area contributed by atoms with Crippen molar-refractivity contribution < 1.29 is 4.79 Å². The van der Waals surface area contributed by atoms with E-state index in [1.54, 1.807) is 0 Å². The summed E-state index contributed by atoms with van der Waals surface area (Å²) in [4.78, 5) is 13.0. The van der Waals surface area contributed by atoms with Gasteiger partial charge in [-0.25, -0.2) is 0 Å². The first-order chi connectivity index (χ1) is 12.7. The molecule has 0 unspecified atom stereocenters. The Morgan fingerprint density at radius 3 is 2.15 bits per heavy atom. The van der Waals surface area contributed by atoms with Crippen LogP contribution in [0.1, 0.15) is 27.0 Å². The summed E-state index contributed by atoms with van der Waals surface area (Å²) in [6.07, 6.45) is 2.83. The van der Waals surface area contributed by atoms with Gasteiger partial charge in [0, 0.05) is 17.6 Å². The van der Waals surface area contributed by atoms with E-state index in [4.69, 9.17) is 0 Å². The van der Waals surface area contributed by atoms with Crippen LogP contribution in [0.15, 0.2) is 78.4 Å². The lowest BCUT2D eigenvalue weighted by Crippen LogP contribution is -1.96. The highest BCUT2D eigenvalue weighted by Gasteiger charge is 2.25. The molecular weight excluding hydrogens is 316 g/mol. The van der Waals surface area contributed by atoms with E-state index >= 15 is 0 Å². The SMILES string of the molecule is Cc1ccc2c(c1)C(=O)/C(=C\c1c3ccccc3cc3ccccc13)C2. The third-order valence-corrected chi connectivity index (χ3v) is 5.31. The molecule has 1 heteroatoms. The number of allylic oxidation sites excluding steroid dienone is 1. The molecule has 0 saturated heterocycles. The van der Waals surface area contributed by atoms with E-state index in [2.05, 4.69) is 72.8 Å². The van der Waals surface area contributed by atoms with Crippen LogP contribution in [0.3, 0.4) is 0 Å². The monoisotopic (exact) mass is 334 g/mol. The molecule has 0 saturated carbocycles. The third-order valence-electron chi connectivity index (χ3n) is 5.31. The number of rotatable bonds is 1. The molecule has 4 aromatic carbocycles. The Labute approximate surface area is 152 Å². The van der Waals surface area contributed by atoms with Gasteiger partial charge in [0.2, 0.25) is 0 Å². The molecule has 0 heterocycles. The van der Waals surface area contributed by atoms with E-state index in [0.717, 1.165) is 27.8 Å². The number of hydrogen-bond acceptors (Lipinski definition) is 1. The Balaban J connectivity index is 1.77. The number of ketones is 1. The Kier molecular flexibility index (Phi) is 3.29. The van der Waals surface area contributed by atoms with Gasteiger partial charge in [0.25, 0.3) is 0 Å². The molecule has 0 spiro atoms. The molecular formula is C25H18O. The summed E-state index contributed by atoms with van der Waals surface area (Å²) in [5, 5.41) is 4.80. The molecule has 124 valence electrons. The maximum Gasteiger partial charge on any atom is 0.189 e. The average Bonchev–Trinajstić information content (AvgIpc) is 2.97. The van der Waals surface area contributed by atoms with Crippen molar-refractivity contribution in [1.29, 1.82) is 0 Å². The molecule has 0 N–H and O–H groups in total. The van der Waals surface area contributed by atoms with Crippen molar-refractivity contribution in [2.75, 3.05) is 0 Å². The fourth-order valence-electron chi connectivity index (χ4n) is 4.01. The summed E-state index contributed by atoms with van der Waals surface area (Å²) >= 11 is 0. The van der Waals surface area contributed by atoms with E-state index in [1.165, 1.54) is 21.5 Å². The summed E-state index contributed by atoms with van der Waals surface area (Å²) in [5.41, 5.74) is 5.16. The zero-order chi connectivity index (χ0) is 17.7. The maximum atomic E-state index is 13.0. The Morgan fingerprint density at radius 1 is 0.808 bits per heavy atom. The Bertz CT molecular complexity index is 1170. The van der Waals surface area contributed by atoms with Crippen LogP contribution in [-0.4, -0.2) is 5.78 Å². The van der Waals surface area contributed by atoms with Crippen LogP contribution in [-0.2, 0) is 6.42 Å². The molecule has 4 aromatic rings. The largest absolute Gasteiger partial charge is 0.289 e. The second kappa shape index (κ2) is 5.67. The predicted octanol–water partition coefficient (Wildman–Crippen LogP) is 6.12. The van der Waals surface area contributed by atoms with Gasteiger partial charge in [0.1, 0.15) is 0 Å². The number of fused-ring (bicyclic) bond motifs is 3. The highest BCUT2D eigenvalue weighted by atomic mass is 16.1. The molecule has 26 heavy (non-hydrogen) atoms. The predicted molar refractivity (Wildman–Crippen MR) is 109 cm³/mol. The molecule has 0 amide bonds. The molecule has 0 aliphatic heterocycles. The van der Waals surface area contributed by atoms with Gasteiger partial charge in [0.05, 0.1) is 0 Å². The molecule has 0 aromatic heterocycles. The standard InChI is InChI=1S/C25H18O/c1-16-10-11-19-14-20(25(26)23(19)12-16)15-24-21-8-4-2-6-17(21)13-18-7-3-5-9-22(18)24/h2-13,15H,14H2,1H3/b20-15-. The topological polar surface area (TPSA) is 17.1 Å². The molecule has 5 rings (SSSR count). The summed E-state index contributed by atoms with van der Waals surface area (Å²) in [6, 6.07) is 25.2.